The van der Waals surface area contributed by atoms with Crippen LogP contribution in [0.5, 0.6) is 0 Å². The van der Waals surface area contributed by atoms with E-state index in [0.29, 0.717) is 10.9 Å². The summed E-state index contributed by atoms with van der Waals surface area (Å²) < 4.78 is 40.8. The molecule has 0 N–H and O–H groups in total. The van der Waals surface area contributed by atoms with Crippen LogP contribution in [0.15, 0.2) is 22.9 Å². The van der Waals surface area contributed by atoms with Crippen molar-refractivity contribution < 1.29 is 17.7 Å². The van der Waals surface area contributed by atoms with Crippen LogP contribution in [0, 0.1) is 0 Å². The van der Waals surface area contributed by atoms with Crippen molar-refractivity contribution in [3.05, 3.63) is 29.9 Å². The molecule has 2 heterocycles. The molecule has 4 nitrogen and oxygen atoms in total. The Labute approximate surface area is 102 Å². The molecule has 0 fully saturated rings. The highest BCUT2D eigenvalue weighted by Crippen LogP contribution is 2.29. The van der Waals surface area contributed by atoms with Gasteiger partial charge in [-0.25, -0.2) is 0 Å². The summed E-state index contributed by atoms with van der Waals surface area (Å²) in [6.07, 6.45) is -3.24. The highest BCUT2D eigenvalue weighted by Gasteiger charge is 2.38. The van der Waals surface area contributed by atoms with E-state index in [1.54, 1.807) is 12.1 Å². The molecule has 0 aliphatic carbocycles. The molecular weight excluding hydrogens is 303 g/mol. The molecule has 17 heavy (non-hydrogen) atoms. The molecule has 0 atom stereocenters. The largest absolute Gasteiger partial charge is 0.471 e. The molecule has 0 aliphatic rings. The van der Waals surface area contributed by atoms with Crippen LogP contribution in [0.4, 0.5) is 13.2 Å². The van der Waals surface area contributed by atoms with Crippen LogP contribution in [0.25, 0.3) is 11.4 Å². The Hall–Kier alpha value is -1.44. The van der Waals surface area contributed by atoms with Crippen molar-refractivity contribution in [2.24, 2.45) is 0 Å². The van der Waals surface area contributed by atoms with E-state index in [9.17, 15) is 13.2 Å². The summed E-state index contributed by atoms with van der Waals surface area (Å²) in [5.74, 6) is -1.50. The molecule has 0 bridgehead atoms. The highest BCUT2D eigenvalue weighted by atomic mass is 79.9. The van der Waals surface area contributed by atoms with E-state index in [4.69, 9.17) is 0 Å². The lowest BCUT2D eigenvalue weighted by Crippen LogP contribution is -2.04. The molecule has 0 aliphatic heterocycles. The average Bonchev–Trinajstić information content (AvgIpc) is 2.78. The quantitative estimate of drug-likeness (QED) is 0.800. The molecule has 2 aromatic heterocycles. The number of pyridine rings is 1. The predicted molar refractivity (Wildman–Crippen MR) is 55.2 cm³/mol. The Morgan fingerprint density at radius 2 is 2.06 bits per heavy atom. The number of hydrogen-bond donors (Lipinski definition) is 0. The standard InChI is InChI=1S/C9H5BrF3N3O/c10-3-6-2-1-5(4-14-6)7-15-8(17-16-7)9(11,12)13/h1-2,4H,3H2. The molecule has 0 spiro atoms. The van der Waals surface area contributed by atoms with Crippen LogP contribution in [0.1, 0.15) is 11.6 Å². The second-order valence-electron chi connectivity index (χ2n) is 3.09. The van der Waals surface area contributed by atoms with Gasteiger partial charge in [-0.15, -0.1) is 0 Å². The van der Waals surface area contributed by atoms with Gasteiger partial charge in [-0.3, -0.25) is 4.98 Å². The maximum Gasteiger partial charge on any atom is 0.471 e. The van der Waals surface area contributed by atoms with Crippen molar-refractivity contribution in [2.45, 2.75) is 11.5 Å². The van der Waals surface area contributed by atoms with Gasteiger partial charge in [0.05, 0.1) is 5.69 Å². The summed E-state index contributed by atoms with van der Waals surface area (Å²) >= 11 is 3.21. The van der Waals surface area contributed by atoms with Gasteiger partial charge in [0.1, 0.15) is 0 Å². The molecule has 0 unspecified atom stereocenters. The molecule has 0 amide bonds. The van der Waals surface area contributed by atoms with Gasteiger partial charge in [-0.2, -0.15) is 18.2 Å². The average molecular weight is 308 g/mol. The first-order valence-electron chi connectivity index (χ1n) is 4.43. The summed E-state index contributed by atoms with van der Waals surface area (Å²) in [7, 11) is 0. The van der Waals surface area contributed by atoms with Gasteiger partial charge in [-0.05, 0) is 12.1 Å². The topological polar surface area (TPSA) is 51.8 Å². The number of aromatic nitrogens is 3. The van der Waals surface area contributed by atoms with Gasteiger partial charge in [0, 0.05) is 17.1 Å². The smallest absolute Gasteiger partial charge is 0.329 e. The summed E-state index contributed by atoms with van der Waals surface area (Å²) in [5.41, 5.74) is 1.13. The van der Waals surface area contributed by atoms with Crippen molar-refractivity contribution in [3.8, 4) is 11.4 Å². The molecule has 0 saturated carbocycles. The van der Waals surface area contributed by atoms with Gasteiger partial charge in [0.2, 0.25) is 5.82 Å². The third-order valence-electron chi connectivity index (χ3n) is 1.89. The van der Waals surface area contributed by atoms with Crippen LogP contribution < -0.4 is 0 Å². The number of rotatable bonds is 2. The Kier molecular flexibility index (Phi) is 3.14. The molecule has 0 radical (unpaired) electrons. The van der Waals surface area contributed by atoms with Gasteiger partial charge >= 0.3 is 12.1 Å². The molecule has 0 saturated heterocycles. The molecule has 2 aromatic rings. The number of halogens is 4. The summed E-state index contributed by atoms with van der Waals surface area (Å²) in [6, 6.07) is 3.24. The lowest BCUT2D eigenvalue weighted by atomic mass is 10.2. The van der Waals surface area contributed by atoms with Crippen molar-refractivity contribution in [2.75, 3.05) is 0 Å². The number of nitrogens with zero attached hydrogens (tertiary/aromatic N) is 3. The second-order valence-corrected chi connectivity index (χ2v) is 3.65. The second kappa shape index (κ2) is 4.44. The molecule has 8 heteroatoms. The zero-order valence-electron chi connectivity index (χ0n) is 8.20. The minimum atomic E-state index is -4.63. The van der Waals surface area contributed by atoms with Gasteiger partial charge in [0.25, 0.3) is 0 Å². The zero-order chi connectivity index (χ0) is 12.5. The van der Waals surface area contributed by atoms with Crippen LogP contribution >= 0.6 is 15.9 Å². The first-order chi connectivity index (χ1) is 8.00. The normalized spacial score (nSPS) is 11.8. The van der Waals surface area contributed by atoms with E-state index in [0.717, 1.165) is 5.69 Å². The molecule has 2 rings (SSSR count). The Morgan fingerprint density at radius 1 is 1.29 bits per heavy atom. The fraction of sp³-hybridized carbons (Fsp3) is 0.222. The summed E-state index contributed by atoms with van der Waals surface area (Å²) in [5, 5.41) is 3.81. The van der Waals surface area contributed by atoms with E-state index >= 15 is 0 Å². The predicted octanol–water partition coefficient (Wildman–Crippen LogP) is 3.05. The number of hydrogen-bond acceptors (Lipinski definition) is 4. The fourth-order valence-electron chi connectivity index (χ4n) is 1.09. The van der Waals surface area contributed by atoms with E-state index in [1.165, 1.54) is 6.20 Å². The Bertz CT molecular complexity index is 509. The third-order valence-corrected chi connectivity index (χ3v) is 2.46. The lowest BCUT2D eigenvalue weighted by molar-refractivity contribution is -0.159. The van der Waals surface area contributed by atoms with E-state index < -0.39 is 12.1 Å². The molecular formula is C9H5BrF3N3O. The first-order valence-corrected chi connectivity index (χ1v) is 5.55. The minimum Gasteiger partial charge on any atom is -0.329 e. The Morgan fingerprint density at radius 3 is 2.53 bits per heavy atom. The van der Waals surface area contributed by atoms with Crippen molar-refractivity contribution in [3.63, 3.8) is 0 Å². The van der Waals surface area contributed by atoms with Crippen LogP contribution in [-0.2, 0) is 11.5 Å². The van der Waals surface area contributed by atoms with Crippen molar-refractivity contribution >= 4 is 15.9 Å². The zero-order valence-corrected chi connectivity index (χ0v) is 9.79. The monoisotopic (exact) mass is 307 g/mol. The van der Waals surface area contributed by atoms with Gasteiger partial charge < -0.3 is 4.52 Å². The van der Waals surface area contributed by atoms with E-state index in [2.05, 4.69) is 35.6 Å². The first kappa shape index (κ1) is 12.0. The molecule has 90 valence electrons. The highest BCUT2D eigenvalue weighted by molar-refractivity contribution is 9.08. The van der Waals surface area contributed by atoms with Gasteiger partial charge in [-0.1, -0.05) is 21.1 Å². The summed E-state index contributed by atoms with van der Waals surface area (Å²) in [6.45, 7) is 0. The third kappa shape index (κ3) is 2.63. The maximum atomic E-state index is 12.2. The number of alkyl halides is 4. The van der Waals surface area contributed by atoms with Gasteiger partial charge in [0.15, 0.2) is 0 Å². The lowest BCUT2D eigenvalue weighted by Gasteiger charge is -1.97. The molecule has 0 aromatic carbocycles. The fourth-order valence-corrected chi connectivity index (χ4v) is 1.42. The van der Waals surface area contributed by atoms with Crippen LogP contribution in [-0.4, -0.2) is 15.1 Å². The maximum absolute atomic E-state index is 12.2. The minimum absolute atomic E-state index is 0.133. The van der Waals surface area contributed by atoms with Crippen molar-refractivity contribution in [1.29, 1.82) is 0 Å². The van der Waals surface area contributed by atoms with Crippen LogP contribution in [0.3, 0.4) is 0 Å². The Balaban J connectivity index is 2.30. The SMILES string of the molecule is FC(F)(F)c1nc(-c2ccc(CBr)nc2)no1. The van der Waals surface area contributed by atoms with Crippen molar-refractivity contribution in [1.82, 2.24) is 15.1 Å². The van der Waals surface area contributed by atoms with Crippen LogP contribution in [0.2, 0.25) is 0 Å². The van der Waals surface area contributed by atoms with E-state index in [-0.39, 0.29) is 5.82 Å². The summed E-state index contributed by atoms with van der Waals surface area (Å²) in [4.78, 5) is 7.25. The van der Waals surface area contributed by atoms with E-state index in [1.807, 2.05) is 0 Å².